The number of nitrogens with one attached hydrogen (secondary N) is 2. The first-order valence-electron chi connectivity index (χ1n) is 8.87. The van der Waals surface area contributed by atoms with Crippen LogP contribution in [-0.4, -0.2) is 33.2 Å². The number of benzene rings is 2. The fourth-order valence-corrected chi connectivity index (χ4v) is 2.81. The highest BCUT2D eigenvalue weighted by Crippen LogP contribution is 2.29. The van der Waals surface area contributed by atoms with Crippen molar-refractivity contribution in [3.63, 3.8) is 0 Å². The molecule has 1 amide bonds. The fourth-order valence-electron chi connectivity index (χ4n) is 2.81. The van der Waals surface area contributed by atoms with Crippen LogP contribution in [0.15, 0.2) is 30.3 Å². The lowest BCUT2D eigenvalue weighted by molar-refractivity contribution is -0.907. The van der Waals surface area contributed by atoms with E-state index in [9.17, 15) is 9.18 Å². The summed E-state index contributed by atoms with van der Waals surface area (Å²) in [5, 5.41) is 2.79. The number of aryl methyl sites for hydroxylation is 2. The van der Waals surface area contributed by atoms with Gasteiger partial charge in [-0.2, -0.15) is 0 Å². The maximum atomic E-state index is 13.7. The molecule has 0 radical (unpaired) electrons. The van der Waals surface area contributed by atoms with E-state index in [4.69, 9.17) is 9.47 Å². The maximum Gasteiger partial charge on any atom is 0.282 e. The first kappa shape index (κ1) is 20.7. The zero-order valence-corrected chi connectivity index (χ0v) is 16.8. The van der Waals surface area contributed by atoms with E-state index in [2.05, 4.69) is 5.32 Å². The van der Waals surface area contributed by atoms with Gasteiger partial charge in [-0.05, 0) is 56.2 Å². The van der Waals surface area contributed by atoms with Gasteiger partial charge in [-0.15, -0.1) is 0 Å². The highest BCUT2D eigenvalue weighted by Gasteiger charge is 2.23. The summed E-state index contributed by atoms with van der Waals surface area (Å²) >= 11 is 0. The lowest BCUT2D eigenvalue weighted by Gasteiger charge is -2.22. The zero-order chi connectivity index (χ0) is 20.1. The second-order valence-electron chi connectivity index (χ2n) is 6.83. The Morgan fingerprint density at radius 2 is 1.74 bits per heavy atom. The molecule has 2 N–H and O–H groups in total. The SMILES string of the molecule is COc1cc(C)c(C[NH+](C)[C@H](C)C(=O)Nc2ccc(C)c(F)c2)cc1OC. The van der Waals surface area contributed by atoms with Crippen molar-refractivity contribution < 1.29 is 23.6 Å². The zero-order valence-electron chi connectivity index (χ0n) is 16.8. The van der Waals surface area contributed by atoms with Gasteiger partial charge in [-0.3, -0.25) is 4.79 Å². The fraction of sp³-hybridized carbons (Fsp3) is 0.381. The molecule has 0 fully saturated rings. The number of methoxy groups -OCH3 is 2. The minimum atomic E-state index is -0.331. The molecule has 2 atom stereocenters. The Labute approximate surface area is 160 Å². The lowest BCUT2D eigenvalue weighted by Crippen LogP contribution is -3.12. The van der Waals surface area contributed by atoms with Crippen molar-refractivity contribution in [1.82, 2.24) is 0 Å². The highest BCUT2D eigenvalue weighted by molar-refractivity contribution is 5.93. The second kappa shape index (κ2) is 8.86. The maximum absolute atomic E-state index is 13.7. The van der Waals surface area contributed by atoms with Gasteiger partial charge >= 0.3 is 0 Å². The average molecular weight is 375 g/mol. The number of hydrogen-bond acceptors (Lipinski definition) is 3. The van der Waals surface area contributed by atoms with Crippen molar-refractivity contribution in [2.24, 2.45) is 0 Å². The number of hydrogen-bond donors (Lipinski definition) is 2. The molecule has 0 saturated heterocycles. The highest BCUT2D eigenvalue weighted by atomic mass is 19.1. The predicted octanol–water partition coefficient (Wildman–Crippen LogP) is 2.50. The molecule has 0 aromatic heterocycles. The van der Waals surface area contributed by atoms with Crippen LogP contribution in [0.1, 0.15) is 23.6 Å². The number of quaternary nitrogens is 1. The summed E-state index contributed by atoms with van der Waals surface area (Å²) in [5.41, 5.74) is 3.16. The predicted molar refractivity (Wildman–Crippen MR) is 104 cm³/mol. The van der Waals surface area contributed by atoms with Crippen molar-refractivity contribution in [2.45, 2.75) is 33.4 Å². The molecule has 1 unspecified atom stereocenters. The quantitative estimate of drug-likeness (QED) is 0.782. The molecule has 6 heteroatoms. The normalized spacial score (nSPS) is 13.0. The van der Waals surface area contributed by atoms with E-state index in [1.165, 1.54) is 6.07 Å². The van der Waals surface area contributed by atoms with Gasteiger partial charge in [0.1, 0.15) is 12.4 Å². The lowest BCUT2D eigenvalue weighted by atomic mass is 10.1. The molecular formula is C21H28FN2O3+. The summed E-state index contributed by atoms with van der Waals surface area (Å²) in [6.45, 7) is 6.19. The van der Waals surface area contributed by atoms with Crippen molar-refractivity contribution in [2.75, 3.05) is 26.6 Å². The van der Waals surface area contributed by atoms with Gasteiger partial charge in [0, 0.05) is 11.3 Å². The molecule has 0 aliphatic rings. The number of carbonyl (C=O) groups is 1. The summed E-state index contributed by atoms with van der Waals surface area (Å²) in [6, 6.07) is 8.25. The van der Waals surface area contributed by atoms with Crippen molar-refractivity contribution in [3.05, 3.63) is 52.8 Å². The smallest absolute Gasteiger partial charge is 0.282 e. The molecule has 0 heterocycles. The average Bonchev–Trinajstić information content (AvgIpc) is 2.65. The summed E-state index contributed by atoms with van der Waals surface area (Å²) in [6.07, 6.45) is 0. The number of anilines is 1. The first-order valence-corrected chi connectivity index (χ1v) is 8.87. The van der Waals surface area contributed by atoms with Crippen molar-refractivity contribution in [3.8, 4) is 11.5 Å². The molecule has 0 spiro atoms. The number of halogens is 1. The number of ether oxygens (including phenoxy) is 2. The molecule has 146 valence electrons. The molecule has 2 aromatic carbocycles. The Morgan fingerprint density at radius 3 is 2.33 bits per heavy atom. The summed E-state index contributed by atoms with van der Waals surface area (Å²) in [5.74, 6) is 0.859. The van der Waals surface area contributed by atoms with Crippen LogP contribution in [-0.2, 0) is 11.3 Å². The van der Waals surface area contributed by atoms with E-state index in [0.29, 0.717) is 29.3 Å². The van der Waals surface area contributed by atoms with Crippen LogP contribution in [0.2, 0.25) is 0 Å². The minimum absolute atomic E-state index is 0.158. The number of carbonyl (C=O) groups excluding carboxylic acids is 1. The van der Waals surface area contributed by atoms with E-state index in [0.717, 1.165) is 16.0 Å². The van der Waals surface area contributed by atoms with Gasteiger partial charge in [0.05, 0.1) is 21.3 Å². The Hall–Kier alpha value is -2.60. The summed E-state index contributed by atoms with van der Waals surface area (Å²) in [4.78, 5) is 13.6. The second-order valence-corrected chi connectivity index (χ2v) is 6.83. The van der Waals surface area contributed by atoms with E-state index in [-0.39, 0.29) is 17.8 Å². The molecule has 2 rings (SSSR count). The molecule has 0 aliphatic carbocycles. The number of likely N-dealkylation sites (N-methyl/N-ethyl adjacent to an activating group) is 1. The first-order chi connectivity index (χ1) is 12.8. The van der Waals surface area contributed by atoms with Gasteiger partial charge < -0.3 is 19.7 Å². The molecule has 2 aromatic rings. The molecule has 0 saturated carbocycles. The van der Waals surface area contributed by atoms with Crippen LogP contribution in [0.25, 0.3) is 0 Å². The van der Waals surface area contributed by atoms with Crippen molar-refractivity contribution >= 4 is 11.6 Å². The van der Waals surface area contributed by atoms with E-state index in [1.807, 2.05) is 33.0 Å². The van der Waals surface area contributed by atoms with E-state index in [1.54, 1.807) is 33.3 Å². The van der Waals surface area contributed by atoms with E-state index < -0.39 is 0 Å². The van der Waals surface area contributed by atoms with Gasteiger partial charge in [-0.1, -0.05) is 6.07 Å². The van der Waals surface area contributed by atoms with Crippen LogP contribution < -0.4 is 19.7 Å². The Morgan fingerprint density at radius 1 is 1.11 bits per heavy atom. The standard InChI is InChI=1S/C21H27FN2O3/c1-13-7-8-17(11-18(13)22)23-21(25)15(3)24(4)12-16-10-20(27-6)19(26-5)9-14(16)2/h7-11,15H,12H2,1-6H3,(H,23,25)/p+1/t15-/m1/s1. The third-order valence-corrected chi connectivity index (χ3v) is 4.88. The van der Waals surface area contributed by atoms with Crippen LogP contribution >= 0.6 is 0 Å². The monoisotopic (exact) mass is 375 g/mol. The molecular weight excluding hydrogens is 347 g/mol. The van der Waals surface area contributed by atoms with Crippen LogP contribution in [0.3, 0.4) is 0 Å². The summed E-state index contributed by atoms with van der Waals surface area (Å²) < 4.78 is 24.4. The largest absolute Gasteiger partial charge is 0.493 e. The van der Waals surface area contributed by atoms with Gasteiger partial charge in [-0.25, -0.2) is 4.39 Å². The van der Waals surface area contributed by atoms with Crippen LogP contribution in [0.5, 0.6) is 11.5 Å². The van der Waals surface area contributed by atoms with Crippen molar-refractivity contribution in [1.29, 1.82) is 0 Å². The molecule has 0 aliphatic heterocycles. The third-order valence-electron chi connectivity index (χ3n) is 4.88. The molecule has 27 heavy (non-hydrogen) atoms. The number of rotatable bonds is 7. The summed E-state index contributed by atoms with van der Waals surface area (Å²) in [7, 11) is 5.16. The van der Waals surface area contributed by atoms with E-state index >= 15 is 0 Å². The topological polar surface area (TPSA) is 52.0 Å². The number of amides is 1. The van der Waals surface area contributed by atoms with Gasteiger partial charge in [0.15, 0.2) is 17.5 Å². The van der Waals surface area contributed by atoms with Gasteiger partial charge in [0.25, 0.3) is 5.91 Å². The van der Waals surface area contributed by atoms with Crippen LogP contribution in [0, 0.1) is 19.7 Å². The Bertz CT molecular complexity index is 823. The molecule has 5 nitrogen and oxygen atoms in total. The third kappa shape index (κ3) is 4.98. The van der Waals surface area contributed by atoms with Gasteiger partial charge in [0.2, 0.25) is 0 Å². The molecule has 0 bridgehead atoms. The Balaban J connectivity index is 2.09. The van der Waals surface area contributed by atoms with Crippen LogP contribution in [0.4, 0.5) is 10.1 Å². The Kier molecular flexibility index (Phi) is 6.80. The minimum Gasteiger partial charge on any atom is -0.493 e.